The maximum Gasteiger partial charge on any atom is 0.417 e. The molecule has 0 radical (unpaired) electrons. The van der Waals surface area contributed by atoms with Crippen molar-refractivity contribution in [1.82, 2.24) is 29.1 Å². The molecule has 0 saturated carbocycles. The molecule has 4 rings (SSSR count). The smallest absolute Gasteiger partial charge is 0.324 e. The minimum absolute atomic E-state index is 0.352. The van der Waals surface area contributed by atoms with E-state index in [1.165, 1.54) is 6.07 Å². The van der Waals surface area contributed by atoms with Crippen LogP contribution in [0.25, 0.3) is 17.2 Å². The van der Waals surface area contributed by atoms with Crippen LogP contribution in [0.15, 0.2) is 42.9 Å². The Morgan fingerprint density at radius 2 is 1.93 bits per heavy atom. The van der Waals surface area contributed by atoms with E-state index in [0.29, 0.717) is 28.9 Å². The van der Waals surface area contributed by atoms with Crippen molar-refractivity contribution in [3.63, 3.8) is 0 Å². The zero-order valence-corrected chi connectivity index (χ0v) is 16.1. The number of alkyl halides is 3. The summed E-state index contributed by atoms with van der Waals surface area (Å²) in [4.78, 5) is 12.9. The molecule has 29 heavy (non-hydrogen) atoms. The van der Waals surface area contributed by atoms with E-state index in [9.17, 15) is 13.2 Å². The van der Waals surface area contributed by atoms with E-state index in [0.717, 1.165) is 36.5 Å². The molecular weight excluding hydrogens is 405 g/mol. The van der Waals surface area contributed by atoms with Gasteiger partial charge in [0.25, 0.3) is 0 Å². The number of hydrogen-bond donors (Lipinski definition) is 0. The first-order valence-electron chi connectivity index (χ1n) is 8.94. The van der Waals surface area contributed by atoms with Gasteiger partial charge in [-0.2, -0.15) is 18.3 Å². The molecule has 4 aromatic heterocycles. The van der Waals surface area contributed by atoms with Crippen molar-refractivity contribution in [2.75, 3.05) is 0 Å². The molecule has 10 heteroatoms. The first kappa shape index (κ1) is 19.4. The molecule has 4 heterocycles. The molecule has 0 atom stereocenters. The molecule has 0 unspecified atom stereocenters. The van der Waals surface area contributed by atoms with Crippen LogP contribution in [-0.2, 0) is 19.1 Å². The van der Waals surface area contributed by atoms with Crippen molar-refractivity contribution in [2.45, 2.75) is 32.5 Å². The van der Waals surface area contributed by atoms with Crippen LogP contribution >= 0.6 is 11.6 Å². The van der Waals surface area contributed by atoms with E-state index in [1.807, 2.05) is 0 Å². The summed E-state index contributed by atoms with van der Waals surface area (Å²) in [5.74, 6) is 0.462. The highest BCUT2D eigenvalue weighted by Gasteiger charge is 2.30. The van der Waals surface area contributed by atoms with E-state index in [-0.39, 0.29) is 0 Å². The molecule has 0 amide bonds. The van der Waals surface area contributed by atoms with Crippen molar-refractivity contribution in [3.05, 3.63) is 65.0 Å². The van der Waals surface area contributed by atoms with Crippen LogP contribution in [-0.4, -0.2) is 29.1 Å². The van der Waals surface area contributed by atoms with Crippen LogP contribution in [0, 0.1) is 0 Å². The fourth-order valence-electron chi connectivity index (χ4n) is 3.14. The zero-order chi connectivity index (χ0) is 20.6. The molecule has 0 spiro atoms. The highest BCUT2D eigenvalue weighted by Crippen LogP contribution is 2.29. The van der Waals surface area contributed by atoms with Crippen LogP contribution < -0.4 is 0 Å². The maximum atomic E-state index is 12.8. The standard InChI is InChI=1S/C19H16ClF3N6/c1-2-3-15-14(26-17-7-6-16(20)27-29(15)17)11-28-9-8-24-18(28)13-5-4-12(10-25-13)19(21,22)23/h4-10H,2-3,11H2,1H3. The van der Waals surface area contributed by atoms with Gasteiger partial charge in [0.15, 0.2) is 11.5 Å². The average molecular weight is 421 g/mol. The second-order valence-electron chi connectivity index (χ2n) is 6.49. The summed E-state index contributed by atoms with van der Waals surface area (Å²) in [6.45, 7) is 2.44. The lowest BCUT2D eigenvalue weighted by Gasteiger charge is -2.09. The van der Waals surface area contributed by atoms with Crippen molar-refractivity contribution in [1.29, 1.82) is 0 Å². The third-order valence-electron chi connectivity index (χ3n) is 4.46. The van der Waals surface area contributed by atoms with Crippen LogP contribution in [0.4, 0.5) is 13.2 Å². The van der Waals surface area contributed by atoms with Crippen LogP contribution in [0.5, 0.6) is 0 Å². The SMILES string of the molecule is CCCc1c(Cn2ccnc2-c2ccc(C(F)(F)F)cn2)nc2ccc(Cl)nn12. The number of halogens is 4. The largest absolute Gasteiger partial charge is 0.417 e. The average Bonchev–Trinajstić information content (AvgIpc) is 3.27. The van der Waals surface area contributed by atoms with Gasteiger partial charge in [-0.1, -0.05) is 24.9 Å². The van der Waals surface area contributed by atoms with Gasteiger partial charge < -0.3 is 4.57 Å². The van der Waals surface area contributed by atoms with Gasteiger partial charge in [0.1, 0.15) is 10.8 Å². The van der Waals surface area contributed by atoms with Crippen LogP contribution in [0.3, 0.4) is 0 Å². The number of hydrogen-bond acceptors (Lipinski definition) is 4. The predicted octanol–water partition coefficient (Wildman–Crippen LogP) is 4.66. The highest BCUT2D eigenvalue weighted by atomic mass is 35.5. The summed E-state index contributed by atoms with van der Waals surface area (Å²) in [5, 5.41) is 4.70. The molecule has 0 aliphatic rings. The summed E-state index contributed by atoms with van der Waals surface area (Å²) in [5.41, 5.74) is 1.97. The van der Waals surface area contributed by atoms with Crippen molar-refractivity contribution < 1.29 is 13.2 Å². The van der Waals surface area contributed by atoms with Crippen LogP contribution in [0.1, 0.15) is 30.3 Å². The quantitative estimate of drug-likeness (QED) is 0.471. The fourth-order valence-corrected chi connectivity index (χ4v) is 3.28. The summed E-state index contributed by atoms with van der Waals surface area (Å²) in [7, 11) is 0. The molecule has 0 fully saturated rings. The summed E-state index contributed by atoms with van der Waals surface area (Å²) in [6, 6.07) is 5.79. The first-order valence-corrected chi connectivity index (χ1v) is 9.32. The van der Waals surface area contributed by atoms with Gasteiger partial charge in [-0.05, 0) is 30.7 Å². The van der Waals surface area contributed by atoms with Gasteiger partial charge in [-0.25, -0.2) is 14.5 Å². The predicted molar refractivity (Wildman–Crippen MR) is 102 cm³/mol. The Kier molecular flexibility index (Phi) is 4.99. The molecule has 0 N–H and O–H groups in total. The molecule has 0 aliphatic carbocycles. The van der Waals surface area contributed by atoms with Crippen molar-refractivity contribution in [3.8, 4) is 11.5 Å². The van der Waals surface area contributed by atoms with E-state index < -0.39 is 11.7 Å². The molecule has 0 aliphatic heterocycles. The second-order valence-corrected chi connectivity index (χ2v) is 6.88. The van der Waals surface area contributed by atoms with E-state index in [1.54, 1.807) is 33.6 Å². The van der Waals surface area contributed by atoms with Gasteiger partial charge >= 0.3 is 6.18 Å². The monoisotopic (exact) mass is 420 g/mol. The normalized spacial score (nSPS) is 12.0. The molecule has 6 nitrogen and oxygen atoms in total. The number of aryl methyl sites for hydroxylation is 1. The topological polar surface area (TPSA) is 60.9 Å². The molecule has 0 aromatic carbocycles. The number of imidazole rings is 2. The summed E-state index contributed by atoms with van der Waals surface area (Å²) < 4.78 is 41.9. The number of fused-ring (bicyclic) bond motifs is 1. The Morgan fingerprint density at radius 3 is 2.62 bits per heavy atom. The Morgan fingerprint density at radius 1 is 1.10 bits per heavy atom. The van der Waals surface area contributed by atoms with E-state index in [4.69, 9.17) is 11.6 Å². The molecular formula is C19H16ClF3N6. The lowest BCUT2D eigenvalue weighted by Crippen LogP contribution is -2.08. The Labute approximate surface area is 169 Å². The second kappa shape index (κ2) is 7.47. The highest BCUT2D eigenvalue weighted by molar-refractivity contribution is 6.29. The Bertz CT molecular complexity index is 1150. The minimum atomic E-state index is -4.43. The zero-order valence-electron chi connectivity index (χ0n) is 15.4. The Balaban J connectivity index is 1.70. The molecule has 4 aromatic rings. The lowest BCUT2D eigenvalue weighted by atomic mass is 10.2. The van der Waals surface area contributed by atoms with E-state index in [2.05, 4.69) is 27.0 Å². The fraction of sp³-hybridized carbons (Fsp3) is 0.263. The van der Waals surface area contributed by atoms with Gasteiger partial charge in [0.2, 0.25) is 0 Å². The van der Waals surface area contributed by atoms with E-state index >= 15 is 0 Å². The van der Waals surface area contributed by atoms with Crippen molar-refractivity contribution in [2.24, 2.45) is 0 Å². The molecule has 0 bridgehead atoms. The Hall–Kier alpha value is -2.94. The number of aromatic nitrogens is 6. The number of rotatable bonds is 5. The minimum Gasteiger partial charge on any atom is -0.324 e. The van der Waals surface area contributed by atoms with Gasteiger partial charge in [-0.15, -0.1) is 0 Å². The van der Waals surface area contributed by atoms with Crippen LogP contribution in [0.2, 0.25) is 5.15 Å². The molecule has 150 valence electrons. The summed E-state index contributed by atoms with van der Waals surface area (Å²) in [6.07, 6.45) is 1.36. The van der Waals surface area contributed by atoms with Gasteiger partial charge in [0, 0.05) is 18.6 Å². The third-order valence-corrected chi connectivity index (χ3v) is 4.66. The van der Waals surface area contributed by atoms with Gasteiger partial charge in [0.05, 0.1) is 23.5 Å². The first-order chi connectivity index (χ1) is 13.9. The van der Waals surface area contributed by atoms with Gasteiger partial charge in [-0.3, -0.25) is 4.98 Å². The number of pyridine rings is 1. The lowest BCUT2D eigenvalue weighted by molar-refractivity contribution is -0.137. The molecule has 0 saturated heterocycles. The summed E-state index contributed by atoms with van der Waals surface area (Å²) >= 11 is 6.03. The number of nitrogens with zero attached hydrogens (tertiary/aromatic N) is 6. The third kappa shape index (κ3) is 3.82. The van der Waals surface area contributed by atoms with Crippen molar-refractivity contribution >= 4 is 17.2 Å². The maximum absolute atomic E-state index is 12.8.